The van der Waals surface area contributed by atoms with E-state index in [2.05, 4.69) is 16.2 Å². The van der Waals surface area contributed by atoms with Crippen LogP contribution in [0.3, 0.4) is 0 Å². The van der Waals surface area contributed by atoms with Crippen LogP contribution in [0.1, 0.15) is 5.56 Å². The summed E-state index contributed by atoms with van der Waals surface area (Å²) in [6, 6.07) is 19.9. The second kappa shape index (κ2) is 7.92. The number of nitrogens with zero attached hydrogens (tertiary/aromatic N) is 2. The molecule has 6 heteroatoms. The van der Waals surface area contributed by atoms with Crippen LogP contribution < -0.4 is 4.74 Å². The van der Waals surface area contributed by atoms with Gasteiger partial charge in [0.15, 0.2) is 5.76 Å². The third-order valence-electron chi connectivity index (χ3n) is 4.28. The van der Waals surface area contributed by atoms with Crippen molar-refractivity contribution in [3.8, 4) is 34.1 Å². The van der Waals surface area contributed by atoms with E-state index in [9.17, 15) is 9.50 Å². The maximum atomic E-state index is 13.0. The van der Waals surface area contributed by atoms with E-state index in [1.807, 2.05) is 42.5 Å². The molecule has 0 aliphatic heterocycles. The lowest BCUT2D eigenvalue weighted by atomic mass is 10.0. The highest BCUT2D eigenvalue weighted by Gasteiger charge is 2.06. The van der Waals surface area contributed by atoms with Crippen LogP contribution >= 0.6 is 0 Å². The molecule has 140 valence electrons. The van der Waals surface area contributed by atoms with E-state index in [4.69, 9.17) is 9.26 Å². The van der Waals surface area contributed by atoms with Gasteiger partial charge in [0.05, 0.1) is 6.61 Å². The van der Waals surface area contributed by atoms with Crippen LogP contribution in [-0.4, -0.2) is 21.9 Å². The first-order valence-electron chi connectivity index (χ1n) is 8.77. The molecular formula is C22H17FN2O3. The minimum absolute atomic E-state index is 0.144. The third-order valence-corrected chi connectivity index (χ3v) is 4.28. The van der Waals surface area contributed by atoms with Crippen LogP contribution in [0.2, 0.25) is 0 Å². The monoisotopic (exact) mass is 376 g/mol. The fraction of sp³-hybridized carbons (Fsp3) is 0.0909. The first-order valence-corrected chi connectivity index (χ1v) is 8.77. The molecule has 0 aliphatic rings. The Hall–Kier alpha value is -3.67. The standard InChI is InChI=1S/C22H17FN2O3/c23-21-9-6-18(14-24-21)17-3-1-2-15(12-17)10-11-27-19-7-4-16(5-8-19)20-13-22(26)25-28-20/h1-9,12-14H,10-11H2,(H,25,26). The number of rotatable bonds is 6. The molecule has 4 aromatic rings. The highest BCUT2D eigenvalue weighted by Crippen LogP contribution is 2.25. The van der Waals surface area contributed by atoms with Gasteiger partial charge in [0, 0.05) is 29.8 Å². The highest BCUT2D eigenvalue weighted by molar-refractivity contribution is 5.63. The smallest absolute Gasteiger partial charge is 0.252 e. The summed E-state index contributed by atoms with van der Waals surface area (Å²) in [5.41, 5.74) is 3.79. The lowest BCUT2D eigenvalue weighted by molar-refractivity contribution is 0.322. The average Bonchev–Trinajstić information content (AvgIpc) is 3.16. The Morgan fingerprint density at radius 1 is 0.929 bits per heavy atom. The Labute approximate surface area is 161 Å². The van der Waals surface area contributed by atoms with E-state index in [0.29, 0.717) is 12.4 Å². The van der Waals surface area contributed by atoms with Crippen LogP contribution in [0.25, 0.3) is 22.5 Å². The molecule has 0 atom stereocenters. The molecule has 4 rings (SSSR count). The van der Waals surface area contributed by atoms with Crippen molar-refractivity contribution in [2.75, 3.05) is 6.61 Å². The number of pyridine rings is 1. The second-order valence-electron chi connectivity index (χ2n) is 6.24. The number of aromatic hydroxyl groups is 1. The fourth-order valence-corrected chi connectivity index (χ4v) is 2.86. The molecule has 5 nitrogen and oxygen atoms in total. The Kier molecular flexibility index (Phi) is 5.01. The Morgan fingerprint density at radius 2 is 1.75 bits per heavy atom. The molecule has 0 saturated heterocycles. The van der Waals surface area contributed by atoms with Crippen molar-refractivity contribution in [2.24, 2.45) is 0 Å². The molecular weight excluding hydrogens is 359 g/mol. The zero-order valence-electron chi connectivity index (χ0n) is 14.9. The lowest BCUT2D eigenvalue weighted by Crippen LogP contribution is -2.01. The van der Waals surface area contributed by atoms with Crippen molar-refractivity contribution >= 4 is 0 Å². The molecule has 0 aliphatic carbocycles. The summed E-state index contributed by atoms with van der Waals surface area (Å²) in [5.74, 6) is 0.607. The molecule has 2 aromatic carbocycles. The van der Waals surface area contributed by atoms with Gasteiger partial charge in [-0.2, -0.15) is 4.39 Å². The number of hydrogen-bond acceptors (Lipinski definition) is 5. The van der Waals surface area contributed by atoms with Gasteiger partial charge in [-0.05, 0) is 52.7 Å². The molecule has 0 bridgehead atoms. The van der Waals surface area contributed by atoms with E-state index >= 15 is 0 Å². The zero-order chi connectivity index (χ0) is 19.3. The summed E-state index contributed by atoms with van der Waals surface area (Å²) in [6.45, 7) is 0.521. The van der Waals surface area contributed by atoms with Gasteiger partial charge in [-0.15, -0.1) is 0 Å². The van der Waals surface area contributed by atoms with E-state index in [1.54, 1.807) is 6.07 Å². The molecule has 28 heavy (non-hydrogen) atoms. The van der Waals surface area contributed by atoms with Crippen molar-refractivity contribution in [1.82, 2.24) is 10.1 Å². The first kappa shape index (κ1) is 17.7. The quantitative estimate of drug-likeness (QED) is 0.486. The van der Waals surface area contributed by atoms with Crippen LogP contribution in [0.5, 0.6) is 11.6 Å². The van der Waals surface area contributed by atoms with Gasteiger partial charge < -0.3 is 14.4 Å². The lowest BCUT2D eigenvalue weighted by Gasteiger charge is -2.08. The summed E-state index contributed by atoms with van der Waals surface area (Å²) in [7, 11) is 0. The van der Waals surface area contributed by atoms with E-state index in [0.717, 1.165) is 34.4 Å². The normalized spacial score (nSPS) is 10.8. The fourth-order valence-electron chi connectivity index (χ4n) is 2.86. The Bertz CT molecular complexity index is 1060. The first-order chi connectivity index (χ1) is 13.7. The minimum Gasteiger partial charge on any atom is -0.493 e. The summed E-state index contributed by atoms with van der Waals surface area (Å²) >= 11 is 0. The molecule has 0 radical (unpaired) electrons. The van der Waals surface area contributed by atoms with E-state index in [-0.39, 0.29) is 5.88 Å². The van der Waals surface area contributed by atoms with Gasteiger partial charge in [-0.25, -0.2) is 4.98 Å². The average molecular weight is 376 g/mol. The SMILES string of the molecule is Oc1cc(-c2ccc(OCCc3cccc(-c4ccc(F)nc4)c3)cc2)on1. The predicted molar refractivity (Wildman–Crippen MR) is 102 cm³/mol. The molecule has 0 spiro atoms. The molecule has 0 unspecified atom stereocenters. The second-order valence-corrected chi connectivity index (χ2v) is 6.24. The maximum absolute atomic E-state index is 13.0. The van der Waals surface area contributed by atoms with E-state index < -0.39 is 5.95 Å². The Morgan fingerprint density at radius 3 is 2.46 bits per heavy atom. The topological polar surface area (TPSA) is 68.4 Å². The summed E-state index contributed by atoms with van der Waals surface area (Å²) in [6.07, 6.45) is 2.26. The maximum Gasteiger partial charge on any atom is 0.252 e. The minimum atomic E-state index is -0.487. The summed E-state index contributed by atoms with van der Waals surface area (Å²) in [5, 5.41) is 12.7. The molecule has 2 heterocycles. The number of hydrogen-bond donors (Lipinski definition) is 1. The van der Waals surface area contributed by atoms with Gasteiger partial charge in [0.25, 0.3) is 5.88 Å². The third kappa shape index (κ3) is 4.17. The Balaban J connectivity index is 1.36. The van der Waals surface area contributed by atoms with Gasteiger partial charge in [-0.3, -0.25) is 0 Å². The highest BCUT2D eigenvalue weighted by atomic mass is 19.1. The largest absolute Gasteiger partial charge is 0.493 e. The number of ether oxygens (including phenoxy) is 1. The van der Waals surface area contributed by atoms with Crippen LogP contribution in [0.15, 0.2) is 77.4 Å². The van der Waals surface area contributed by atoms with Crippen molar-refractivity contribution in [3.63, 3.8) is 0 Å². The molecule has 0 amide bonds. The van der Waals surface area contributed by atoms with Crippen LogP contribution in [0, 0.1) is 5.95 Å². The van der Waals surface area contributed by atoms with Gasteiger partial charge in [-0.1, -0.05) is 24.3 Å². The predicted octanol–water partition coefficient (Wildman–Crippen LogP) is 4.87. The molecule has 1 N–H and O–H groups in total. The number of aromatic nitrogens is 2. The summed E-state index contributed by atoms with van der Waals surface area (Å²) < 4.78 is 23.8. The van der Waals surface area contributed by atoms with Crippen molar-refractivity contribution < 1.29 is 18.8 Å². The van der Waals surface area contributed by atoms with Crippen molar-refractivity contribution in [1.29, 1.82) is 0 Å². The van der Waals surface area contributed by atoms with Crippen LogP contribution in [-0.2, 0) is 6.42 Å². The van der Waals surface area contributed by atoms with Crippen molar-refractivity contribution in [3.05, 3.63) is 84.4 Å². The molecule has 2 aromatic heterocycles. The zero-order valence-corrected chi connectivity index (χ0v) is 14.9. The van der Waals surface area contributed by atoms with Gasteiger partial charge in [0.2, 0.25) is 5.95 Å². The summed E-state index contributed by atoms with van der Waals surface area (Å²) in [4.78, 5) is 3.70. The molecule has 0 fully saturated rings. The number of halogens is 1. The van der Waals surface area contributed by atoms with Gasteiger partial charge >= 0.3 is 0 Å². The van der Waals surface area contributed by atoms with Crippen LogP contribution in [0.4, 0.5) is 4.39 Å². The van der Waals surface area contributed by atoms with E-state index in [1.165, 1.54) is 18.3 Å². The van der Waals surface area contributed by atoms with Gasteiger partial charge in [0.1, 0.15) is 5.75 Å². The molecule has 0 saturated carbocycles. The van der Waals surface area contributed by atoms with Crippen molar-refractivity contribution in [2.45, 2.75) is 6.42 Å². The number of benzene rings is 2.